The Bertz CT molecular complexity index is 322. The van der Waals surface area contributed by atoms with Gasteiger partial charge in [-0.25, -0.2) is 4.39 Å². The van der Waals surface area contributed by atoms with Gasteiger partial charge in [0.25, 0.3) is 0 Å². The van der Waals surface area contributed by atoms with Gasteiger partial charge >= 0.3 is 0 Å². The fourth-order valence-corrected chi connectivity index (χ4v) is 1.86. The van der Waals surface area contributed by atoms with E-state index in [4.69, 9.17) is 5.11 Å². The number of aliphatic hydroxyl groups excluding tert-OH is 1. The lowest BCUT2D eigenvalue weighted by Gasteiger charge is -2.04. The summed E-state index contributed by atoms with van der Waals surface area (Å²) in [5.74, 6) is 0.613. The van der Waals surface area contributed by atoms with Gasteiger partial charge < -0.3 is 5.11 Å². The highest BCUT2D eigenvalue weighted by molar-refractivity contribution is 5.34. The quantitative estimate of drug-likeness (QED) is 0.740. The van der Waals surface area contributed by atoms with Crippen molar-refractivity contribution in [1.82, 2.24) is 0 Å². The van der Waals surface area contributed by atoms with Crippen molar-refractivity contribution in [3.63, 3.8) is 0 Å². The van der Waals surface area contributed by atoms with E-state index < -0.39 is 0 Å². The number of rotatable bonds is 2. The maximum atomic E-state index is 13.1. The normalized spacial score (nSPS) is 26.1. The van der Waals surface area contributed by atoms with Crippen molar-refractivity contribution < 1.29 is 9.50 Å². The molecule has 1 aliphatic rings. The van der Waals surface area contributed by atoms with Crippen LogP contribution < -0.4 is 0 Å². The second kappa shape index (κ2) is 3.11. The Kier molecular flexibility index (Phi) is 2.08. The minimum atomic E-state index is -0.138. The van der Waals surface area contributed by atoms with Gasteiger partial charge in [-0.2, -0.15) is 0 Å². The first-order valence-corrected chi connectivity index (χ1v) is 4.60. The predicted octanol–water partition coefficient (Wildman–Crippen LogP) is 2.23. The van der Waals surface area contributed by atoms with Crippen LogP contribution in [0.1, 0.15) is 23.5 Å². The van der Waals surface area contributed by atoms with Crippen molar-refractivity contribution in [2.75, 3.05) is 6.61 Å². The summed E-state index contributed by atoms with van der Waals surface area (Å²) in [6.45, 7) is 2.03. The number of benzene rings is 1. The van der Waals surface area contributed by atoms with E-state index in [1.165, 1.54) is 6.07 Å². The van der Waals surface area contributed by atoms with Crippen LogP contribution >= 0.6 is 0 Å². The zero-order valence-electron chi connectivity index (χ0n) is 7.63. The monoisotopic (exact) mass is 180 g/mol. The molecule has 13 heavy (non-hydrogen) atoms. The third-order valence-corrected chi connectivity index (χ3v) is 2.87. The van der Waals surface area contributed by atoms with Crippen LogP contribution in [0.5, 0.6) is 0 Å². The van der Waals surface area contributed by atoms with Crippen molar-refractivity contribution in [2.45, 2.75) is 19.3 Å². The molecule has 1 saturated carbocycles. The Labute approximate surface area is 77.2 Å². The number of hydrogen-bond acceptors (Lipinski definition) is 1. The first-order valence-electron chi connectivity index (χ1n) is 4.60. The maximum Gasteiger partial charge on any atom is 0.126 e. The molecular weight excluding hydrogens is 167 g/mol. The van der Waals surface area contributed by atoms with Gasteiger partial charge in [-0.15, -0.1) is 0 Å². The molecule has 2 heteroatoms. The lowest BCUT2D eigenvalue weighted by Crippen LogP contribution is -1.93. The molecule has 0 spiro atoms. The maximum absolute atomic E-state index is 13.1. The molecule has 0 heterocycles. The minimum absolute atomic E-state index is 0.138. The summed E-state index contributed by atoms with van der Waals surface area (Å²) in [6.07, 6.45) is 1.00. The molecule has 1 nitrogen and oxygen atoms in total. The van der Waals surface area contributed by atoms with Crippen LogP contribution in [0.25, 0.3) is 0 Å². The smallest absolute Gasteiger partial charge is 0.126 e. The van der Waals surface area contributed by atoms with E-state index in [0.29, 0.717) is 11.8 Å². The lowest BCUT2D eigenvalue weighted by atomic mass is 10.0. The highest BCUT2D eigenvalue weighted by Gasteiger charge is 2.38. The Hall–Kier alpha value is -0.890. The third-order valence-electron chi connectivity index (χ3n) is 2.87. The molecule has 70 valence electrons. The first kappa shape index (κ1) is 8.70. The molecule has 0 radical (unpaired) electrons. The van der Waals surface area contributed by atoms with E-state index in [9.17, 15) is 4.39 Å². The summed E-state index contributed by atoms with van der Waals surface area (Å²) in [5, 5.41) is 8.90. The fraction of sp³-hybridized carbons (Fsp3) is 0.455. The topological polar surface area (TPSA) is 20.2 Å². The highest BCUT2D eigenvalue weighted by Crippen LogP contribution is 2.48. The first-order chi connectivity index (χ1) is 6.24. The molecule has 1 fully saturated rings. The second-order valence-electron chi connectivity index (χ2n) is 3.74. The molecule has 2 rings (SSSR count). The molecule has 1 aliphatic carbocycles. The van der Waals surface area contributed by atoms with Crippen LogP contribution in [0.3, 0.4) is 0 Å². The Morgan fingerprint density at radius 1 is 1.54 bits per heavy atom. The predicted molar refractivity (Wildman–Crippen MR) is 49.1 cm³/mol. The largest absolute Gasteiger partial charge is 0.396 e. The van der Waals surface area contributed by atoms with Crippen LogP contribution in [0.2, 0.25) is 0 Å². The minimum Gasteiger partial charge on any atom is -0.396 e. The zero-order valence-corrected chi connectivity index (χ0v) is 7.63. The summed E-state index contributed by atoms with van der Waals surface area (Å²) in [6, 6.07) is 5.18. The van der Waals surface area contributed by atoms with Crippen molar-refractivity contribution in [3.8, 4) is 0 Å². The van der Waals surface area contributed by atoms with Gasteiger partial charge in [0.15, 0.2) is 0 Å². The van der Waals surface area contributed by atoms with Crippen molar-refractivity contribution in [2.24, 2.45) is 5.92 Å². The van der Waals surface area contributed by atoms with Crippen molar-refractivity contribution in [3.05, 3.63) is 35.1 Å². The van der Waals surface area contributed by atoms with Gasteiger partial charge in [0, 0.05) is 6.61 Å². The van der Waals surface area contributed by atoms with E-state index in [2.05, 4.69) is 0 Å². The second-order valence-corrected chi connectivity index (χ2v) is 3.74. The van der Waals surface area contributed by atoms with Crippen LogP contribution in [0.4, 0.5) is 4.39 Å². The van der Waals surface area contributed by atoms with Crippen LogP contribution in [0, 0.1) is 18.7 Å². The molecule has 1 aromatic carbocycles. The summed E-state index contributed by atoms with van der Waals surface area (Å²) >= 11 is 0. The summed E-state index contributed by atoms with van der Waals surface area (Å²) in [7, 11) is 0. The molecule has 0 saturated heterocycles. The standard InChI is InChI=1S/C11H13FO/c1-7-9(3-2-4-11(7)12)10-5-8(10)6-13/h2-4,8,10,13H,5-6H2,1H3/t8-,10-/m1/s1. The Morgan fingerprint density at radius 3 is 2.92 bits per heavy atom. The molecular formula is C11H13FO. The SMILES string of the molecule is Cc1c(F)cccc1[C@@H]1C[C@@H]1CO. The molecule has 1 aromatic rings. The van der Waals surface area contributed by atoms with E-state index in [1.807, 2.05) is 6.07 Å². The van der Waals surface area contributed by atoms with Gasteiger partial charge in [-0.3, -0.25) is 0 Å². The summed E-state index contributed by atoms with van der Waals surface area (Å²) < 4.78 is 13.1. The van der Waals surface area contributed by atoms with Gasteiger partial charge in [0.05, 0.1) is 0 Å². The van der Waals surface area contributed by atoms with E-state index >= 15 is 0 Å². The molecule has 0 bridgehead atoms. The van der Waals surface area contributed by atoms with Crippen LogP contribution in [0.15, 0.2) is 18.2 Å². The molecule has 1 N–H and O–H groups in total. The Morgan fingerprint density at radius 2 is 2.31 bits per heavy atom. The molecule has 0 aromatic heterocycles. The van der Waals surface area contributed by atoms with Crippen LogP contribution in [-0.4, -0.2) is 11.7 Å². The molecule has 0 unspecified atom stereocenters. The Balaban J connectivity index is 2.27. The molecule has 0 amide bonds. The highest BCUT2D eigenvalue weighted by atomic mass is 19.1. The van der Waals surface area contributed by atoms with Crippen molar-refractivity contribution in [1.29, 1.82) is 0 Å². The van der Waals surface area contributed by atoms with Gasteiger partial charge in [0.2, 0.25) is 0 Å². The van der Waals surface area contributed by atoms with Gasteiger partial charge in [-0.05, 0) is 42.4 Å². The van der Waals surface area contributed by atoms with Crippen molar-refractivity contribution >= 4 is 0 Å². The molecule has 2 atom stereocenters. The average molecular weight is 180 g/mol. The van der Waals surface area contributed by atoms with E-state index in [-0.39, 0.29) is 12.4 Å². The number of halogens is 1. The zero-order chi connectivity index (χ0) is 9.42. The number of hydrogen-bond donors (Lipinski definition) is 1. The van der Waals surface area contributed by atoms with Gasteiger partial charge in [-0.1, -0.05) is 12.1 Å². The van der Waals surface area contributed by atoms with E-state index in [0.717, 1.165) is 17.5 Å². The number of aliphatic hydroxyl groups is 1. The molecule has 0 aliphatic heterocycles. The van der Waals surface area contributed by atoms with E-state index in [1.54, 1.807) is 13.0 Å². The summed E-state index contributed by atoms with van der Waals surface area (Å²) in [4.78, 5) is 0. The fourth-order valence-electron chi connectivity index (χ4n) is 1.86. The lowest BCUT2D eigenvalue weighted by molar-refractivity contribution is 0.274. The van der Waals surface area contributed by atoms with Crippen LogP contribution in [-0.2, 0) is 0 Å². The average Bonchev–Trinajstić information content (AvgIpc) is 2.89. The third kappa shape index (κ3) is 1.46. The summed E-state index contributed by atoms with van der Waals surface area (Å²) in [5.41, 5.74) is 1.81. The van der Waals surface area contributed by atoms with Gasteiger partial charge in [0.1, 0.15) is 5.82 Å².